The van der Waals surface area contributed by atoms with Gasteiger partial charge in [-0.2, -0.15) is 5.26 Å². The van der Waals surface area contributed by atoms with Gasteiger partial charge in [0.05, 0.1) is 22.7 Å². The van der Waals surface area contributed by atoms with Gasteiger partial charge >= 0.3 is 0 Å². The molecule has 0 spiro atoms. The van der Waals surface area contributed by atoms with Gasteiger partial charge in [-0.05, 0) is 65.2 Å². The van der Waals surface area contributed by atoms with Crippen LogP contribution in [0.5, 0.6) is 0 Å². The normalized spacial score (nSPS) is 11.5. The van der Waals surface area contributed by atoms with E-state index in [-0.39, 0.29) is 0 Å². The maximum atomic E-state index is 9.61. The quantitative estimate of drug-likeness (QED) is 0.237. The van der Waals surface area contributed by atoms with Crippen LogP contribution in [0.4, 0.5) is 0 Å². The van der Waals surface area contributed by atoms with E-state index in [0.29, 0.717) is 5.56 Å². The highest BCUT2D eigenvalue weighted by Crippen LogP contribution is 2.41. The van der Waals surface area contributed by atoms with Crippen molar-refractivity contribution in [3.63, 3.8) is 0 Å². The fourth-order valence-electron chi connectivity index (χ4n) is 5.97. The van der Waals surface area contributed by atoms with Gasteiger partial charge < -0.3 is 8.98 Å². The van der Waals surface area contributed by atoms with Gasteiger partial charge in [-0.15, -0.1) is 0 Å². The summed E-state index contributed by atoms with van der Waals surface area (Å²) in [6.45, 7) is 0. The number of aromatic nitrogens is 2. The summed E-state index contributed by atoms with van der Waals surface area (Å²) in [5.41, 5.74) is 9.77. The average molecular weight is 512 g/mol. The van der Waals surface area contributed by atoms with E-state index in [1.54, 1.807) is 18.5 Å². The number of fused-ring (bicyclic) bond motifs is 7. The molecule has 0 fully saturated rings. The molecule has 3 aromatic heterocycles. The highest BCUT2D eigenvalue weighted by molar-refractivity contribution is 6.27. The molecule has 0 aliphatic rings. The predicted octanol–water partition coefficient (Wildman–Crippen LogP) is 9.28. The van der Waals surface area contributed by atoms with E-state index >= 15 is 0 Å². The molecule has 40 heavy (non-hydrogen) atoms. The number of furan rings is 1. The van der Waals surface area contributed by atoms with E-state index in [1.807, 2.05) is 24.3 Å². The third kappa shape index (κ3) is 3.28. The summed E-state index contributed by atoms with van der Waals surface area (Å²) in [4.78, 5) is 4.25. The first-order valence-corrected chi connectivity index (χ1v) is 13.2. The molecular formula is C36H21N3O. The summed E-state index contributed by atoms with van der Waals surface area (Å²) in [5.74, 6) is 0. The van der Waals surface area contributed by atoms with Crippen molar-refractivity contribution in [2.45, 2.75) is 0 Å². The van der Waals surface area contributed by atoms with Gasteiger partial charge in [0, 0.05) is 45.2 Å². The van der Waals surface area contributed by atoms with Gasteiger partial charge in [-0.25, -0.2) is 0 Å². The lowest BCUT2D eigenvalue weighted by molar-refractivity contribution is 0.669. The van der Waals surface area contributed by atoms with Crippen molar-refractivity contribution in [1.82, 2.24) is 9.55 Å². The number of benzene rings is 5. The first-order chi connectivity index (χ1) is 19.8. The maximum absolute atomic E-state index is 9.61. The topological polar surface area (TPSA) is 54.8 Å². The van der Waals surface area contributed by atoms with E-state index < -0.39 is 0 Å². The third-order valence-electron chi connectivity index (χ3n) is 7.73. The smallest absolute Gasteiger partial charge is 0.136 e. The number of hydrogen-bond donors (Lipinski definition) is 0. The molecular weight excluding hydrogens is 490 g/mol. The summed E-state index contributed by atoms with van der Waals surface area (Å²) in [7, 11) is 0. The Balaban J connectivity index is 1.35. The van der Waals surface area contributed by atoms with E-state index in [1.165, 1.54) is 10.8 Å². The van der Waals surface area contributed by atoms with Crippen LogP contribution in [0, 0.1) is 11.3 Å². The Bertz CT molecular complexity index is 2300. The van der Waals surface area contributed by atoms with E-state index in [9.17, 15) is 5.26 Å². The van der Waals surface area contributed by atoms with Crippen LogP contribution in [0.2, 0.25) is 0 Å². The third-order valence-corrected chi connectivity index (χ3v) is 7.73. The number of nitrogens with zero attached hydrogens (tertiary/aromatic N) is 3. The lowest BCUT2D eigenvalue weighted by Crippen LogP contribution is -1.94. The van der Waals surface area contributed by atoms with Crippen LogP contribution >= 0.6 is 0 Å². The molecule has 0 saturated heterocycles. The zero-order chi connectivity index (χ0) is 26.6. The summed E-state index contributed by atoms with van der Waals surface area (Å²) < 4.78 is 8.57. The Morgan fingerprint density at radius 2 is 1.40 bits per heavy atom. The highest BCUT2D eigenvalue weighted by atomic mass is 16.3. The molecule has 8 rings (SSSR count). The second kappa shape index (κ2) is 8.69. The number of nitriles is 1. The molecule has 0 unspecified atom stereocenters. The fourth-order valence-corrected chi connectivity index (χ4v) is 5.97. The Kier molecular flexibility index (Phi) is 4.85. The van der Waals surface area contributed by atoms with Crippen molar-refractivity contribution >= 4 is 43.7 Å². The highest BCUT2D eigenvalue weighted by Gasteiger charge is 2.18. The van der Waals surface area contributed by atoms with Crippen LogP contribution in [0.3, 0.4) is 0 Å². The minimum Gasteiger partial charge on any atom is -0.456 e. The summed E-state index contributed by atoms with van der Waals surface area (Å²) in [6.07, 6.45) is 3.41. The second-order valence-electron chi connectivity index (χ2n) is 9.95. The van der Waals surface area contributed by atoms with Crippen molar-refractivity contribution in [2.75, 3.05) is 0 Å². The molecule has 0 aliphatic carbocycles. The number of hydrogen-bond acceptors (Lipinski definition) is 3. The van der Waals surface area contributed by atoms with Gasteiger partial charge in [0.15, 0.2) is 0 Å². The standard InChI is InChI=1S/C36H21N3O/c37-21-26-17-18-38-22-30(26)25-9-5-7-23(19-25)24-8-6-10-27(20-24)39-31-13-3-1-11-28(31)35-32(39)15-16-34-36(35)29-12-2-4-14-33(29)40-34/h1-20,22H. The van der Waals surface area contributed by atoms with Crippen molar-refractivity contribution in [2.24, 2.45) is 0 Å². The first-order valence-electron chi connectivity index (χ1n) is 13.2. The van der Waals surface area contributed by atoms with Gasteiger partial charge in [-0.3, -0.25) is 4.98 Å². The molecule has 0 bridgehead atoms. The Labute approximate surface area is 230 Å². The molecule has 0 saturated carbocycles. The second-order valence-corrected chi connectivity index (χ2v) is 9.95. The summed E-state index contributed by atoms with van der Waals surface area (Å²) in [5, 5.41) is 14.3. The SMILES string of the molecule is N#Cc1ccncc1-c1cccc(-c2cccc(-n3c4ccccc4c4c5c(ccc43)oc3ccccc35)c2)c1. The lowest BCUT2D eigenvalue weighted by Gasteiger charge is -2.11. The molecule has 8 aromatic rings. The molecule has 4 nitrogen and oxygen atoms in total. The van der Waals surface area contributed by atoms with Gasteiger partial charge in [0.1, 0.15) is 11.2 Å². The average Bonchev–Trinajstić information content (AvgIpc) is 3.57. The van der Waals surface area contributed by atoms with Crippen molar-refractivity contribution in [1.29, 1.82) is 5.26 Å². The van der Waals surface area contributed by atoms with Crippen LogP contribution in [-0.4, -0.2) is 9.55 Å². The van der Waals surface area contributed by atoms with E-state index in [0.717, 1.165) is 60.9 Å². The minimum absolute atomic E-state index is 0.615. The Morgan fingerprint density at radius 1 is 0.625 bits per heavy atom. The molecule has 0 radical (unpaired) electrons. The Hall–Kier alpha value is -5.66. The van der Waals surface area contributed by atoms with Crippen LogP contribution in [0.15, 0.2) is 132 Å². The fraction of sp³-hybridized carbons (Fsp3) is 0. The summed E-state index contributed by atoms with van der Waals surface area (Å²) in [6, 6.07) is 42.0. The van der Waals surface area contributed by atoms with Gasteiger partial charge in [0.25, 0.3) is 0 Å². The summed E-state index contributed by atoms with van der Waals surface area (Å²) >= 11 is 0. The zero-order valence-electron chi connectivity index (χ0n) is 21.4. The van der Waals surface area contributed by atoms with Crippen LogP contribution in [-0.2, 0) is 0 Å². The lowest BCUT2D eigenvalue weighted by atomic mass is 9.97. The Morgan fingerprint density at radius 3 is 2.30 bits per heavy atom. The van der Waals surface area contributed by atoms with Crippen molar-refractivity contribution < 1.29 is 4.42 Å². The zero-order valence-corrected chi connectivity index (χ0v) is 21.4. The first kappa shape index (κ1) is 22.3. The number of para-hydroxylation sites is 2. The van der Waals surface area contributed by atoms with E-state index in [2.05, 4.69) is 101 Å². The molecule has 0 amide bonds. The van der Waals surface area contributed by atoms with Crippen LogP contribution in [0.1, 0.15) is 5.56 Å². The van der Waals surface area contributed by atoms with Crippen molar-refractivity contribution in [3.8, 4) is 34.0 Å². The molecule has 0 N–H and O–H groups in total. The largest absolute Gasteiger partial charge is 0.456 e. The molecule has 3 heterocycles. The van der Waals surface area contributed by atoms with Crippen molar-refractivity contribution in [3.05, 3.63) is 133 Å². The molecule has 0 aliphatic heterocycles. The predicted molar refractivity (Wildman–Crippen MR) is 161 cm³/mol. The molecule has 186 valence electrons. The molecule has 4 heteroatoms. The van der Waals surface area contributed by atoms with Crippen LogP contribution < -0.4 is 0 Å². The molecule has 0 atom stereocenters. The van der Waals surface area contributed by atoms with E-state index in [4.69, 9.17) is 4.42 Å². The number of rotatable bonds is 3. The maximum Gasteiger partial charge on any atom is 0.136 e. The van der Waals surface area contributed by atoms with Crippen LogP contribution in [0.25, 0.3) is 71.7 Å². The number of pyridine rings is 1. The molecule has 5 aromatic carbocycles. The minimum atomic E-state index is 0.615. The monoisotopic (exact) mass is 511 g/mol. The van der Waals surface area contributed by atoms with Gasteiger partial charge in [-0.1, -0.05) is 66.7 Å². The van der Waals surface area contributed by atoms with Gasteiger partial charge in [0.2, 0.25) is 0 Å².